The van der Waals surface area contributed by atoms with Crippen LogP contribution in [0.15, 0.2) is 28.8 Å². The standard InChI is InChI=1S/C13H11ClF4N2/c1-8(2)11(14)6-20(7-19)9-3-4-12(15)10(5-9)13(16,17)18/h3-5H,6H2,1-2H3. The van der Waals surface area contributed by atoms with Crippen LogP contribution in [0, 0.1) is 17.3 Å². The summed E-state index contributed by atoms with van der Waals surface area (Å²) in [4.78, 5) is 0.962. The van der Waals surface area contributed by atoms with Gasteiger partial charge < -0.3 is 0 Å². The summed E-state index contributed by atoms with van der Waals surface area (Å²) in [6.45, 7) is 3.36. The van der Waals surface area contributed by atoms with E-state index in [1.54, 1.807) is 20.0 Å². The van der Waals surface area contributed by atoms with Crippen molar-refractivity contribution in [1.82, 2.24) is 0 Å². The van der Waals surface area contributed by atoms with E-state index in [9.17, 15) is 17.6 Å². The number of alkyl halides is 3. The van der Waals surface area contributed by atoms with E-state index in [0.717, 1.165) is 16.5 Å². The van der Waals surface area contributed by atoms with Crippen molar-refractivity contribution >= 4 is 17.3 Å². The van der Waals surface area contributed by atoms with Crippen molar-refractivity contribution in [2.24, 2.45) is 0 Å². The first-order chi connectivity index (χ1) is 9.16. The molecular formula is C13H11ClF4N2. The molecule has 0 spiro atoms. The van der Waals surface area contributed by atoms with Crippen LogP contribution in [0.5, 0.6) is 0 Å². The summed E-state index contributed by atoms with van der Waals surface area (Å²) in [5.41, 5.74) is -0.741. The Bertz CT molecular complexity index is 569. The first-order valence-electron chi connectivity index (χ1n) is 5.52. The van der Waals surface area contributed by atoms with Crippen molar-refractivity contribution in [3.05, 3.63) is 40.2 Å². The maximum Gasteiger partial charge on any atom is 0.419 e. The zero-order valence-corrected chi connectivity index (χ0v) is 11.5. The van der Waals surface area contributed by atoms with Gasteiger partial charge in [0.25, 0.3) is 0 Å². The second-order valence-electron chi connectivity index (χ2n) is 4.25. The first kappa shape index (κ1) is 16.3. The average molecular weight is 307 g/mol. The molecule has 0 aliphatic carbocycles. The predicted molar refractivity (Wildman–Crippen MR) is 68.6 cm³/mol. The molecule has 0 aromatic heterocycles. The molecule has 0 aliphatic heterocycles. The number of nitriles is 1. The third-order valence-corrected chi connectivity index (χ3v) is 3.02. The van der Waals surface area contributed by atoms with Crippen molar-refractivity contribution < 1.29 is 17.6 Å². The maximum absolute atomic E-state index is 13.2. The molecule has 1 rings (SSSR count). The van der Waals surface area contributed by atoms with E-state index in [0.29, 0.717) is 17.2 Å². The molecule has 1 aromatic rings. The highest BCUT2D eigenvalue weighted by molar-refractivity contribution is 6.30. The monoisotopic (exact) mass is 306 g/mol. The third kappa shape index (κ3) is 3.87. The van der Waals surface area contributed by atoms with Crippen molar-refractivity contribution in [1.29, 1.82) is 5.26 Å². The number of halogens is 5. The lowest BCUT2D eigenvalue weighted by Gasteiger charge is -2.18. The Morgan fingerprint density at radius 1 is 1.35 bits per heavy atom. The molecule has 0 fully saturated rings. The topological polar surface area (TPSA) is 27.0 Å². The van der Waals surface area contributed by atoms with Crippen LogP contribution in [0.25, 0.3) is 0 Å². The summed E-state index contributed by atoms with van der Waals surface area (Å²) in [6, 6.07) is 2.37. The zero-order chi connectivity index (χ0) is 15.5. The van der Waals surface area contributed by atoms with Crippen LogP contribution in [0.1, 0.15) is 19.4 Å². The Kier molecular flexibility index (Phi) is 5.01. The van der Waals surface area contributed by atoms with Gasteiger partial charge in [0, 0.05) is 5.03 Å². The van der Waals surface area contributed by atoms with Crippen LogP contribution >= 0.6 is 11.6 Å². The lowest BCUT2D eigenvalue weighted by molar-refractivity contribution is -0.139. The largest absolute Gasteiger partial charge is 0.419 e. The van der Waals surface area contributed by atoms with Gasteiger partial charge in [0.2, 0.25) is 0 Å². The Labute approximate surface area is 118 Å². The number of benzene rings is 1. The van der Waals surface area contributed by atoms with Gasteiger partial charge in [-0.3, -0.25) is 4.90 Å². The van der Waals surface area contributed by atoms with Crippen molar-refractivity contribution in [3.63, 3.8) is 0 Å². The third-order valence-electron chi connectivity index (χ3n) is 2.53. The summed E-state index contributed by atoms with van der Waals surface area (Å²) in [7, 11) is 0. The minimum absolute atomic E-state index is 0.0662. The highest BCUT2D eigenvalue weighted by Crippen LogP contribution is 2.34. The fraction of sp³-hybridized carbons (Fsp3) is 0.308. The molecule has 0 aliphatic rings. The van der Waals surface area contributed by atoms with E-state index in [1.165, 1.54) is 0 Å². The molecule has 0 heterocycles. The SMILES string of the molecule is CC(C)=C(Cl)CN(C#N)c1ccc(F)c(C(F)(F)F)c1. The molecule has 0 bridgehead atoms. The van der Waals surface area contributed by atoms with Crippen LogP contribution in [0.2, 0.25) is 0 Å². The molecule has 0 amide bonds. The second-order valence-corrected chi connectivity index (χ2v) is 4.71. The summed E-state index contributed by atoms with van der Waals surface area (Å²) in [5.74, 6) is -1.38. The van der Waals surface area contributed by atoms with E-state index in [-0.39, 0.29) is 12.2 Å². The van der Waals surface area contributed by atoms with Crippen LogP contribution in [0.3, 0.4) is 0 Å². The van der Waals surface area contributed by atoms with Gasteiger partial charge in [0.15, 0.2) is 6.19 Å². The van der Waals surface area contributed by atoms with E-state index in [1.807, 2.05) is 0 Å². The Balaban J connectivity index is 3.19. The number of anilines is 1. The normalized spacial score (nSPS) is 10.9. The Morgan fingerprint density at radius 3 is 2.40 bits per heavy atom. The Morgan fingerprint density at radius 2 is 1.95 bits per heavy atom. The zero-order valence-electron chi connectivity index (χ0n) is 10.7. The van der Waals surface area contributed by atoms with Crippen molar-refractivity contribution in [2.75, 3.05) is 11.4 Å². The predicted octanol–water partition coefficient (Wildman–Crippen LogP) is 4.66. The lowest BCUT2D eigenvalue weighted by Crippen LogP contribution is -2.20. The van der Waals surface area contributed by atoms with Crippen molar-refractivity contribution in [3.8, 4) is 6.19 Å². The van der Waals surface area contributed by atoms with E-state index >= 15 is 0 Å². The number of allylic oxidation sites excluding steroid dienone is 1. The molecular weight excluding hydrogens is 296 g/mol. The van der Waals surface area contributed by atoms with Gasteiger partial charge in [-0.15, -0.1) is 0 Å². The van der Waals surface area contributed by atoms with E-state index < -0.39 is 17.6 Å². The molecule has 0 saturated heterocycles. The first-order valence-corrected chi connectivity index (χ1v) is 5.90. The minimum atomic E-state index is -4.82. The van der Waals surface area contributed by atoms with Gasteiger partial charge in [-0.05, 0) is 32.0 Å². The fourth-order valence-electron chi connectivity index (χ4n) is 1.38. The molecule has 108 valence electrons. The molecule has 7 heteroatoms. The van der Waals surface area contributed by atoms with E-state index in [2.05, 4.69) is 0 Å². The van der Waals surface area contributed by atoms with Crippen LogP contribution in [-0.4, -0.2) is 6.54 Å². The van der Waals surface area contributed by atoms with E-state index in [4.69, 9.17) is 16.9 Å². The van der Waals surface area contributed by atoms with Gasteiger partial charge >= 0.3 is 6.18 Å². The van der Waals surface area contributed by atoms with Crippen molar-refractivity contribution in [2.45, 2.75) is 20.0 Å². The van der Waals surface area contributed by atoms with Gasteiger partial charge in [-0.25, -0.2) is 4.39 Å². The van der Waals surface area contributed by atoms with Gasteiger partial charge in [-0.1, -0.05) is 17.2 Å². The molecule has 0 saturated carbocycles. The minimum Gasteiger partial charge on any atom is -0.274 e. The number of rotatable bonds is 3. The van der Waals surface area contributed by atoms with Crippen LogP contribution in [-0.2, 0) is 6.18 Å². The molecule has 0 unspecified atom stereocenters. The average Bonchev–Trinajstić information content (AvgIpc) is 2.34. The number of hydrogen-bond acceptors (Lipinski definition) is 2. The second kappa shape index (κ2) is 6.14. The smallest absolute Gasteiger partial charge is 0.274 e. The molecule has 20 heavy (non-hydrogen) atoms. The summed E-state index contributed by atoms with van der Waals surface area (Å²) in [5, 5.41) is 9.33. The fourth-order valence-corrected chi connectivity index (χ4v) is 1.50. The summed E-state index contributed by atoms with van der Waals surface area (Å²) >= 11 is 5.89. The van der Waals surface area contributed by atoms with Crippen LogP contribution < -0.4 is 4.90 Å². The van der Waals surface area contributed by atoms with Crippen LogP contribution in [0.4, 0.5) is 23.2 Å². The summed E-state index contributed by atoms with van der Waals surface area (Å²) < 4.78 is 51.0. The van der Waals surface area contributed by atoms with Gasteiger partial charge in [0.05, 0.1) is 17.8 Å². The highest BCUT2D eigenvalue weighted by atomic mass is 35.5. The van der Waals surface area contributed by atoms with Gasteiger partial charge in [-0.2, -0.15) is 18.4 Å². The lowest BCUT2D eigenvalue weighted by atomic mass is 10.1. The quantitative estimate of drug-likeness (QED) is 0.461. The highest BCUT2D eigenvalue weighted by Gasteiger charge is 2.34. The molecule has 2 nitrogen and oxygen atoms in total. The molecule has 1 aromatic carbocycles. The number of nitrogens with zero attached hydrogens (tertiary/aromatic N) is 2. The summed E-state index contributed by atoms with van der Waals surface area (Å²) in [6.07, 6.45) is -3.09. The maximum atomic E-state index is 13.2. The van der Waals surface area contributed by atoms with Gasteiger partial charge in [0.1, 0.15) is 5.82 Å². The molecule has 0 N–H and O–H groups in total. The molecule has 0 radical (unpaired) electrons. The Hall–Kier alpha value is -1.74. The number of hydrogen-bond donors (Lipinski definition) is 0. The molecule has 0 atom stereocenters.